The minimum Gasteiger partial charge on any atom is -0.380 e. The summed E-state index contributed by atoms with van der Waals surface area (Å²) in [7, 11) is 0. The third kappa shape index (κ3) is 5.31. The molecule has 5 rings (SSSR count). The molecule has 1 aliphatic heterocycles. The molecule has 0 aliphatic carbocycles. The summed E-state index contributed by atoms with van der Waals surface area (Å²) in [6.07, 6.45) is 4.12. The number of rotatable bonds is 6. The lowest BCUT2D eigenvalue weighted by atomic mass is 10.0. The lowest BCUT2D eigenvalue weighted by Gasteiger charge is -2.22. The average molecular weight is 466 g/mol. The third-order valence-corrected chi connectivity index (χ3v) is 5.95. The number of amides is 1. The number of nitrogens with zero attached hydrogens (tertiary/aromatic N) is 3. The molecule has 1 fully saturated rings. The second kappa shape index (κ2) is 10.4. The molecule has 1 amide bonds. The van der Waals surface area contributed by atoms with E-state index in [1.54, 1.807) is 0 Å². The number of nitrogens with one attached hydrogen (secondary N) is 2. The largest absolute Gasteiger partial charge is 0.380 e. The number of ether oxygens (including phenoxy) is 1. The molecule has 3 aromatic carbocycles. The van der Waals surface area contributed by atoms with Crippen LogP contribution < -0.4 is 15.5 Å². The highest BCUT2D eigenvalue weighted by Gasteiger charge is 2.11. The van der Waals surface area contributed by atoms with E-state index in [0.29, 0.717) is 11.6 Å². The molecule has 1 aromatic heterocycles. The number of hydrogen-bond donors (Lipinski definition) is 2. The smallest absolute Gasteiger partial charge is 0.247 e. The molecule has 0 bridgehead atoms. The Bertz CT molecular complexity index is 1350. The van der Waals surface area contributed by atoms with Gasteiger partial charge in [-0.1, -0.05) is 36.9 Å². The van der Waals surface area contributed by atoms with Gasteiger partial charge in [0.05, 0.1) is 12.1 Å². The maximum Gasteiger partial charge on any atom is 0.247 e. The number of carbonyl (C=O) groups is 1. The lowest BCUT2D eigenvalue weighted by Crippen LogP contribution is -2.25. The highest BCUT2D eigenvalue weighted by molar-refractivity contribution is 6.00. The van der Waals surface area contributed by atoms with E-state index in [4.69, 9.17) is 9.72 Å². The molecule has 1 saturated heterocycles. The zero-order chi connectivity index (χ0) is 24.0. The summed E-state index contributed by atoms with van der Waals surface area (Å²) < 4.78 is 5.56. The summed E-state index contributed by atoms with van der Waals surface area (Å²) in [5.41, 5.74) is 5.55. The Morgan fingerprint density at radius 2 is 1.86 bits per heavy atom. The van der Waals surface area contributed by atoms with Crippen LogP contribution in [0.1, 0.15) is 6.42 Å². The number of hydrogen-bond acceptors (Lipinski definition) is 6. The maximum absolute atomic E-state index is 11.7. The summed E-state index contributed by atoms with van der Waals surface area (Å²) in [6, 6.07) is 22.0. The number of para-hydroxylation sites is 1. The summed E-state index contributed by atoms with van der Waals surface area (Å²) in [6.45, 7) is 7.00. The van der Waals surface area contributed by atoms with Crippen molar-refractivity contribution in [1.82, 2.24) is 9.97 Å². The van der Waals surface area contributed by atoms with E-state index >= 15 is 0 Å². The van der Waals surface area contributed by atoms with Gasteiger partial charge in [-0.3, -0.25) is 4.79 Å². The Hall–Kier alpha value is -4.23. The van der Waals surface area contributed by atoms with E-state index in [0.717, 1.165) is 60.4 Å². The minimum absolute atomic E-state index is 0.246. The van der Waals surface area contributed by atoms with Crippen LogP contribution in [0.2, 0.25) is 0 Å². The van der Waals surface area contributed by atoms with E-state index in [2.05, 4.69) is 39.2 Å². The van der Waals surface area contributed by atoms with E-state index in [9.17, 15) is 4.79 Å². The molecule has 2 N–H and O–H groups in total. The maximum atomic E-state index is 11.7. The van der Waals surface area contributed by atoms with Gasteiger partial charge in [-0.2, -0.15) is 0 Å². The molecular formula is C28H27N5O2. The number of aromatic nitrogens is 2. The molecule has 0 atom stereocenters. The summed E-state index contributed by atoms with van der Waals surface area (Å²) in [5.74, 6) is 0.279. The highest BCUT2D eigenvalue weighted by atomic mass is 16.5. The summed E-state index contributed by atoms with van der Waals surface area (Å²) in [5, 5.41) is 7.08. The van der Waals surface area contributed by atoms with Crippen molar-refractivity contribution in [1.29, 1.82) is 0 Å². The predicted octanol–water partition coefficient (Wildman–Crippen LogP) is 5.39. The molecule has 4 aromatic rings. The van der Waals surface area contributed by atoms with Gasteiger partial charge in [-0.25, -0.2) is 9.97 Å². The zero-order valence-electron chi connectivity index (χ0n) is 19.4. The van der Waals surface area contributed by atoms with Crippen molar-refractivity contribution in [2.75, 3.05) is 41.8 Å². The lowest BCUT2D eigenvalue weighted by molar-refractivity contribution is -0.111. The predicted molar refractivity (Wildman–Crippen MR) is 141 cm³/mol. The molecule has 2 heterocycles. The molecule has 176 valence electrons. The Balaban J connectivity index is 1.40. The molecule has 35 heavy (non-hydrogen) atoms. The zero-order valence-corrected chi connectivity index (χ0v) is 19.4. The number of fused-ring (bicyclic) bond motifs is 1. The molecule has 7 nitrogen and oxygen atoms in total. The Morgan fingerprint density at radius 1 is 1.00 bits per heavy atom. The Labute approximate surface area is 204 Å². The van der Waals surface area contributed by atoms with E-state index in [1.165, 1.54) is 11.8 Å². The molecule has 0 unspecified atom stereocenters. The summed E-state index contributed by atoms with van der Waals surface area (Å²) in [4.78, 5) is 23.4. The van der Waals surface area contributed by atoms with Gasteiger partial charge in [0.2, 0.25) is 11.9 Å². The molecule has 1 aliphatic rings. The van der Waals surface area contributed by atoms with Gasteiger partial charge < -0.3 is 20.3 Å². The van der Waals surface area contributed by atoms with Crippen LogP contribution in [0.3, 0.4) is 0 Å². The van der Waals surface area contributed by atoms with Crippen LogP contribution in [0.4, 0.5) is 23.0 Å². The first kappa shape index (κ1) is 22.6. The number of carbonyl (C=O) groups excluding carboxylic acids is 1. The van der Waals surface area contributed by atoms with Crippen LogP contribution in [-0.2, 0) is 9.53 Å². The van der Waals surface area contributed by atoms with Crippen LogP contribution in [0.15, 0.2) is 85.6 Å². The molecule has 0 spiro atoms. The second-order valence-corrected chi connectivity index (χ2v) is 8.34. The van der Waals surface area contributed by atoms with Gasteiger partial charge in [-0.15, -0.1) is 0 Å². The monoisotopic (exact) mass is 465 g/mol. The van der Waals surface area contributed by atoms with Crippen LogP contribution in [-0.4, -0.2) is 42.2 Å². The van der Waals surface area contributed by atoms with Crippen LogP contribution >= 0.6 is 0 Å². The average Bonchev–Trinajstić information content (AvgIpc) is 3.19. The van der Waals surface area contributed by atoms with Gasteiger partial charge in [0.15, 0.2) is 0 Å². The third-order valence-electron chi connectivity index (χ3n) is 5.95. The van der Waals surface area contributed by atoms with Crippen LogP contribution in [0, 0.1) is 0 Å². The minimum atomic E-state index is -0.246. The first-order valence-corrected chi connectivity index (χ1v) is 11.7. The topological polar surface area (TPSA) is 79.4 Å². The van der Waals surface area contributed by atoms with Crippen molar-refractivity contribution < 1.29 is 9.53 Å². The van der Waals surface area contributed by atoms with Gasteiger partial charge in [0, 0.05) is 53.9 Å². The first-order chi connectivity index (χ1) is 17.2. The van der Waals surface area contributed by atoms with Crippen molar-refractivity contribution in [3.63, 3.8) is 0 Å². The Kier molecular flexibility index (Phi) is 6.68. The van der Waals surface area contributed by atoms with Crippen molar-refractivity contribution >= 4 is 39.8 Å². The van der Waals surface area contributed by atoms with Gasteiger partial charge in [0.25, 0.3) is 0 Å². The second-order valence-electron chi connectivity index (χ2n) is 8.34. The SMILES string of the molecule is C=CC(=O)Nc1cccc(-c2cccc3cnc(Nc4ccc(N5CCCOCC5)cc4)nc23)c1. The van der Waals surface area contributed by atoms with Gasteiger partial charge >= 0.3 is 0 Å². The molecule has 0 radical (unpaired) electrons. The van der Waals surface area contributed by atoms with Gasteiger partial charge in [-0.05, 0) is 54.5 Å². The van der Waals surface area contributed by atoms with Crippen molar-refractivity contribution in [2.24, 2.45) is 0 Å². The fraction of sp³-hybridized carbons (Fsp3) is 0.179. The van der Waals surface area contributed by atoms with E-state index in [1.807, 2.05) is 60.8 Å². The van der Waals surface area contributed by atoms with Gasteiger partial charge in [0.1, 0.15) is 0 Å². The Morgan fingerprint density at radius 3 is 2.71 bits per heavy atom. The van der Waals surface area contributed by atoms with Crippen LogP contribution in [0.5, 0.6) is 0 Å². The fourth-order valence-electron chi connectivity index (χ4n) is 4.20. The standard InChI is InChI=1S/C28H27N5O2/c1-2-26(34)30-23-8-3-6-20(18-23)25-9-4-7-21-19-29-28(32-27(21)25)31-22-10-12-24(13-11-22)33-14-5-16-35-17-15-33/h2-4,6-13,18-19H,1,5,14-17H2,(H,30,34)(H,29,31,32). The van der Waals surface area contributed by atoms with Crippen molar-refractivity contribution in [2.45, 2.75) is 6.42 Å². The quantitative estimate of drug-likeness (QED) is 0.372. The molecule has 0 saturated carbocycles. The van der Waals surface area contributed by atoms with Crippen molar-refractivity contribution in [3.05, 3.63) is 85.6 Å². The molecule has 7 heteroatoms. The van der Waals surface area contributed by atoms with Crippen molar-refractivity contribution in [3.8, 4) is 11.1 Å². The van der Waals surface area contributed by atoms with E-state index in [-0.39, 0.29) is 5.91 Å². The first-order valence-electron chi connectivity index (χ1n) is 11.7. The van der Waals surface area contributed by atoms with Crippen LogP contribution in [0.25, 0.3) is 22.0 Å². The molecular weight excluding hydrogens is 438 g/mol. The fourth-order valence-corrected chi connectivity index (χ4v) is 4.20. The normalized spacial score (nSPS) is 13.8. The summed E-state index contributed by atoms with van der Waals surface area (Å²) >= 11 is 0. The highest BCUT2D eigenvalue weighted by Crippen LogP contribution is 2.30. The van der Waals surface area contributed by atoms with E-state index < -0.39 is 0 Å². The number of anilines is 4. The number of benzene rings is 3.